The maximum Gasteiger partial charge on any atom is 0.00999 e. The van der Waals surface area contributed by atoms with E-state index in [-0.39, 0.29) is 5.41 Å². The van der Waals surface area contributed by atoms with Crippen molar-refractivity contribution in [3.8, 4) is 0 Å². The Morgan fingerprint density at radius 1 is 1.28 bits per heavy atom. The number of hydrogen-bond donors (Lipinski definition) is 1. The molecule has 18 heavy (non-hydrogen) atoms. The Morgan fingerprint density at radius 3 is 2.44 bits per heavy atom. The van der Waals surface area contributed by atoms with Crippen molar-refractivity contribution in [2.24, 2.45) is 5.73 Å². The minimum absolute atomic E-state index is 0.206. The van der Waals surface area contributed by atoms with Crippen LogP contribution in [0.4, 0.5) is 0 Å². The second kappa shape index (κ2) is 5.41. The zero-order chi connectivity index (χ0) is 13.2. The molecule has 0 atom stereocenters. The zero-order valence-corrected chi connectivity index (χ0v) is 11.9. The number of aryl methyl sites for hydroxylation is 1. The zero-order valence-electron chi connectivity index (χ0n) is 11.9. The van der Waals surface area contributed by atoms with E-state index >= 15 is 0 Å². The smallest absolute Gasteiger partial charge is 0.00999 e. The molecule has 0 unspecified atom stereocenters. The first-order chi connectivity index (χ1) is 8.57. The standard InChI is InChI=1S/C16H26N2/c1-13(2)18-9-7-16(12-17,8-10-18)15-6-4-5-14(3)11-15/h4-6,11,13H,7-10,12,17H2,1-3H3. The number of likely N-dealkylation sites (tertiary alicyclic amines) is 1. The maximum atomic E-state index is 6.12. The van der Waals surface area contributed by atoms with Gasteiger partial charge in [-0.2, -0.15) is 0 Å². The Morgan fingerprint density at radius 2 is 1.94 bits per heavy atom. The first kappa shape index (κ1) is 13.6. The molecule has 1 aromatic rings. The summed E-state index contributed by atoms with van der Waals surface area (Å²) in [6.07, 6.45) is 2.37. The monoisotopic (exact) mass is 246 g/mol. The van der Waals surface area contributed by atoms with Crippen LogP contribution in [0, 0.1) is 6.92 Å². The van der Waals surface area contributed by atoms with Gasteiger partial charge in [0, 0.05) is 18.0 Å². The number of rotatable bonds is 3. The van der Waals surface area contributed by atoms with Crippen LogP contribution in [0.25, 0.3) is 0 Å². The van der Waals surface area contributed by atoms with E-state index in [0.717, 1.165) is 6.54 Å². The van der Waals surface area contributed by atoms with Gasteiger partial charge < -0.3 is 10.6 Å². The van der Waals surface area contributed by atoms with Crippen molar-refractivity contribution >= 4 is 0 Å². The van der Waals surface area contributed by atoms with Crippen molar-refractivity contribution in [1.82, 2.24) is 4.90 Å². The van der Waals surface area contributed by atoms with Gasteiger partial charge in [0.2, 0.25) is 0 Å². The lowest BCUT2D eigenvalue weighted by molar-refractivity contribution is 0.132. The number of hydrogen-bond acceptors (Lipinski definition) is 2. The SMILES string of the molecule is Cc1cccc(C2(CN)CCN(C(C)C)CC2)c1. The minimum Gasteiger partial charge on any atom is -0.330 e. The number of benzene rings is 1. The molecule has 1 saturated heterocycles. The number of piperidine rings is 1. The van der Waals surface area contributed by atoms with Gasteiger partial charge in [0.1, 0.15) is 0 Å². The van der Waals surface area contributed by atoms with Gasteiger partial charge in [0.05, 0.1) is 0 Å². The molecule has 1 aliphatic rings. The molecule has 0 aliphatic carbocycles. The normalized spacial score (nSPS) is 20.3. The molecule has 0 bridgehead atoms. The van der Waals surface area contributed by atoms with Crippen LogP contribution in [-0.4, -0.2) is 30.6 Å². The average molecular weight is 246 g/mol. The summed E-state index contributed by atoms with van der Waals surface area (Å²) in [4.78, 5) is 2.56. The Bertz CT molecular complexity index is 390. The van der Waals surface area contributed by atoms with Gasteiger partial charge in [-0.3, -0.25) is 0 Å². The van der Waals surface area contributed by atoms with E-state index in [0.29, 0.717) is 6.04 Å². The largest absolute Gasteiger partial charge is 0.330 e. The van der Waals surface area contributed by atoms with Gasteiger partial charge in [-0.05, 0) is 52.3 Å². The van der Waals surface area contributed by atoms with Gasteiger partial charge in [0.25, 0.3) is 0 Å². The van der Waals surface area contributed by atoms with E-state index in [1.807, 2.05) is 0 Å². The maximum absolute atomic E-state index is 6.12. The van der Waals surface area contributed by atoms with E-state index in [9.17, 15) is 0 Å². The van der Waals surface area contributed by atoms with Crippen LogP contribution in [-0.2, 0) is 5.41 Å². The molecule has 0 aromatic heterocycles. The highest BCUT2D eigenvalue weighted by Crippen LogP contribution is 2.35. The molecule has 2 nitrogen and oxygen atoms in total. The topological polar surface area (TPSA) is 29.3 Å². The molecule has 2 heteroatoms. The van der Waals surface area contributed by atoms with Crippen LogP contribution in [0.3, 0.4) is 0 Å². The fourth-order valence-corrected chi connectivity index (χ4v) is 3.05. The second-order valence-electron chi connectivity index (χ2n) is 5.98. The lowest BCUT2D eigenvalue weighted by Crippen LogP contribution is -2.48. The average Bonchev–Trinajstić information content (AvgIpc) is 2.38. The van der Waals surface area contributed by atoms with Crippen LogP contribution < -0.4 is 5.73 Å². The fraction of sp³-hybridized carbons (Fsp3) is 0.625. The molecule has 2 N–H and O–H groups in total. The van der Waals surface area contributed by atoms with Gasteiger partial charge >= 0.3 is 0 Å². The molecule has 0 spiro atoms. The van der Waals surface area contributed by atoms with E-state index in [4.69, 9.17) is 5.73 Å². The summed E-state index contributed by atoms with van der Waals surface area (Å²) in [5.74, 6) is 0. The molecule has 0 amide bonds. The summed E-state index contributed by atoms with van der Waals surface area (Å²) in [5.41, 5.74) is 9.11. The highest BCUT2D eigenvalue weighted by Gasteiger charge is 2.35. The third kappa shape index (κ3) is 2.60. The van der Waals surface area contributed by atoms with Crippen LogP contribution in [0.5, 0.6) is 0 Å². The Balaban J connectivity index is 2.18. The third-order valence-corrected chi connectivity index (χ3v) is 4.51. The van der Waals surface area contributed by atoms with Crippen LogP contribution in [0.1, 0.15) is 37.8 Å². The lowest BCUT2D eigenvalue weighted by Gasteiger charge is -2.43. The van der Waals surface area contributed by atoms with Crippen LogP contribution in [0.15, 0.2) is 24.3 Å². The molecular weight excluding hydrogens is 220 g/mol. The van der Waals surface area contributed by atoms with Gasteiger partial charge in [-0.15, -0.1) is 0 Å². The number of nitrogens with zero attached hydrogens (tertiary/aromatic N) is 1. The van der Waals surface area contributed by atoms with Gasteiger partial charge in [0.15, 0.2) is 0 Å². The predicted molar refractivity (Wildman–Crippen MR) is 77.9 cm³/mol. The molecule has 0 radical (unpaired) electrons. The first-order valence-corrected chi connectivity index (χ1v) is 7.09. The summed E-state index contributed by atoms with van der Waals surface area (Å²) in [5, 5.41) is 0. The quantitative estimate of drug-likeness (QED) is 0.888. The summed E-state index contributed by atoms with van der Waals surface area (Å²) in [6, 6.07) is 9.55. The molecule has 1 fully saturated rings. The molecule has 2 rings (SSSR count). The summed E-state index contributed by atoms with van der Waals surface area (Å²) in [6.45, 7) is 9.83. The van der Waals surface area contributed by atoms with E-state index < -0.39 is 0 Å². The number of nitrogens with two attached hydrogens (primary N) is 1. The molecule has 100 valence electrons. The van der Waals surface area contributed by atoms with Crippen LogP contribution in [0.2, 0.25) is 0 Å². The van der Waals surface area contributed by atoms with Crippen molar-refractivity contribution < 1.29 is 0 Å². The minimum atomic E-state index is 0.206. The van der Waals surface area contributed by atoms with Crippen molar-refractivity contribution in [3.63, 3.8) is 0 Å². The molecular formula is C16H26N2. The van der Waals surface area contributed by atoms with Crippen LogP contribution >= 0.6 is 0 Å². The highest BCUT2D eigenvalue weighted by molar-refractivity contribution is 5.31. The first-order valence-electron chi connectivity index (χ1n) is 7.09. The Labute approximate surface area is 111 Å². The lowest BCUT2D eigenvalue weighted by atomic mass is 9.72. The Kier molecular flexibility index (Phi) is 4.08. The van der Waals surface area contributed by atoms with E-state index in [1.54, 1.807) is 0 Å². The summed E-state index contributed by atoms with van der Waals surface area (Å²) < 4.78 is 0. The second-order valence-corrected chi connectivity index (χ2v) is 5.98. The van der Waals surface area contributed by atoms with Gasteiger partial charge in [-0.1, -0.05) is 29.8 Å². The van der Waals surface area contributed by atoms with E-state index in [2.05, 4.69) is 49.9 Å². The molecule has 0 saturated carbocycles. The molecule has 1 aliphatic heterocycles. The van der Waals surface area contributed by atoms with Crippen molar-refractivity contribution in [2.75, 3.05) is 19.6 Å². The van der Waals surface area contributed by atoms with E-state index in [1.165, 1.54) is 37.1 Å². The Hall–Kier alpha value is -0.860. The third-order valence-electron chi connectivity index (χ3n) is 4.51. The van der Waals surface area contributed by atoms with Crippen molar-refractivity contribution in [2.45, 2.75) is 45.1 Å². The van der Waals surface area contributed by atoms with Crippen molar-refractivity contribution in [3.05, 3.63) is 35.4 Å². The fourth-order valence-electron chi connectivity index (χ4n) is 3.05. The summed E-state index contributed by atoms with van der Waals surface area (Å²) in [7, 11) is 0. The highest BCUT2D eigenvalue weighted by atomic mass is 15.2. The molecule has 1 heterocycles. The summed E-state index contributed by atoms with van der Waals surface area (Å²) >= 11 is 0. The van der Waals surface area contributed by atoms with Crippen molar-refractivity contribution in [1.29, 1.82) is 0 Å². The predicted octanol–water partition coefficient (Wildman–Crippen LogP) is 2.70. The van der Waals surface area contributed by atoms with Gasteiger partial charge in [-0.25, -0.2) is 0 Å². The molecule has 1 aromatic carbocycles.